The van der Waals surface area contributed by atoms with Gasteiger partial charge >= 0.3 is 0 Å². The van der Waals surface area contributed by atoms with E-state index in [1.807, 2.05) is 36.4 Å². The highest BCUT2D eigenvalue weighted by atomic mass is 16.3. The van der Waals surface area contributed by atoms with Gasteiger partial charge in [-0.05, 0) is 64.7 Å². The summed E-state index contributed by atoms with van der Waals surface area (Å²) >= 11 is 0. The summed E-state index contributed by atoms with van der Waals surface area (Å²) < 4.78 is 8.61. The molecular formula is C51H32N4O. The zero-order valence-electron chi connectivity index (χ0n) is 30.2. The van der Waals surface area contributed by atoms with Crippen molar-refractivity contribution in [1.82, 2.24) is 19.5 Å². The molecule has 0 radical (unpaired) electrons. The smallest absolute Gasteiger partial charge is 0.164 e. The lowest BCUT2D eigenvalue weighted by atomic mass is 9.98. The van der Waals surface area contributed by atoms with Crippen molar-refractivity contribution in [1.29, 1.82) is 0 Å². The highest BCUT2D eigenvalue weighted by Gasteiger charge is 2.19. The number of nitrogens with zero attached hydrogens (tertiary/aromatic N) is 4. The largest absolute Gasteiger partial charge is 0.456 e. The van der Waals surface area contributed by atoms with Crippen LogP contribution in [0, 0.1) is 0 Å². The Balaban J connectivity index is 1.09. The summed E-state index contributed by atoms with van der Waals surface area (Å²) in [5.74, 6) is 1.79. The Bertz CT molecular complexity index is 3240. The summed E-state index contributed by atoms with van der Waals surface area (Å²) in [5.41, 5.74) is 12.3. The van der Waals surface area contributed by atoms with Gasteiger partial charge < -0.3 is 8.98 Å². The van der Waals surface area contributed by atoms with Crippen LogP contribution in [-0.4, -0.2) is 19.5 Å². The Morgan fingerprint density at radius 1 is 0.339 bits per heavy atom. The fraction of sp³-hybridized carbons (Fsp3) is 0. The Kier molecular flexibility index (Phi) is 7.42. The maximum atomic E-state index is 6.29. The van der Waals surface area contributed by atoms with Crippen LogP contribution in [-0.2, 0) is 0 Å². The molecule has 0 aliphatic heterocycles. The van der Waals surface area contributed by atoms with Crippen LogP contribution in [0.3, 0.4) is 0 Å². The molecule has 5 heteroatoms. The number of hydrogen-bond acceptors (Lipinski definition) is 4. The Labute approximate surface area is 322 Å². The molecule has 0 spiro atoms. The van der Waals surface area contributed by atoms with Gasteiger partial charge in [-0.3, -0.25) is 0 Å². The number of hydrogen-bond donors (Lipinski definition) is 0. The van der Waals surface area contributed by atoms with Crippen molar-refractivity contribution >= 4 is 43.7 Å². The van der Waals surface area contributed by atoms with Gasteiger partial charge in [-0.2, -0.15) is 0 Å². The third-order valence-electron chi connectivity index (χ3n) is 10.7. The molecule has 56 heavy (non-hydrogen) atoms. The molecule has 0 saturated heterocycles. The van der Waals surface area contributed by atoms with Crippen molar-refractivity contribution in [2.75, 3.05) is 0 Å². The average Bonchev–Trinajstić information content (AvgIpc) is 3.83. The molecule has 5 nitrogen and oxygen atoms in total. The molecule has 0 amide bonds. The molecule has 0 saturated carbocycles. The number of aromatic nitrogens is 4. The number of benzene rings is 8. The van der Waals surface area contributed by atoms with Crippen LogP contribution >= 0.6 is 0 Å². The minimum atomic E-state index is 0.588. The summed E-state index contributed by atoms with van der Waals surface area (Å²) in [6, 6.07) is 67.5. The van der Waals surface area contributed by atoms with E-state index in [1.165, 1.54) is 21.9 Å². The number of furan rings is 1. The first-order valence-corrected chi connectivity index (χ1v) is 18.8. The predicted molar refractivity (Wildman–Crippen MR) is 229 cm³/mol. The van der Waals surface area contributed by atoms with Gasteiger partial charge in [0.25, 0.3) is 0 Å². The lowest BCUT2D eigenvalue weighted by molar-refractivity contribution is 0.669. The molecular weight excluding hydrogens is 685 g/mol. The molecule has 0 unspecified atom stereocenters. The van der Waals surface area contributed by atoms with Crippen molar-refractivity contribution in [3.63, 3.8) is 0 Å². The van der Waals surface area contributed by atoms with E-state index in [-0.39, 0.29) is 0 Å². The van der Waals surface area contributed by atoms with E-state index in [9.17, 15) is 0 Å². The van der Waals surface area contributed by atoms with Crippen LogP contribution in [0.15, 0.2) is 199 Å². The molecule has 0 N–H and O–H groups in total. The summed E-state index contributed by atoms with van der Waals surface area (Å²) in [6.07, 6.45) is 0. The Morgan fingerprint density at radius 2 is 0.893 bits per heavy atom. The van der Waals surface area contributed by atoms with E-state index in [1.54, 1.807) is 0 Å². The van der Waals surface area contributed by atoms with Crippen molar-refractivity contribution in [2.24, 2.45) is 0 Å². The summed E-state index contributed by atoms with van der Waals surface area (Å²) in [7, 11) is 0. The molecule has 0 aliphatic rings. The van der Waals surface area contributed by atoms with Gasteiger partial charge in [-0.25, -0.2) is 15.0 Å². The van der Waals surface area contributed by atoms with Crippen LogP contribution < -0.4 is 0 Å². The van der Waals surface area contributed by atoms with Crippen LogP contribution in [0.1, 0.15) is 0 Å². The maximum Gasteiger partial charge on any atom is 0.164 e. The maximum absolute atomic E-state index is 6.29. The fourth-order valence-electron chi connectivity index (χ4n) is 8.00. The van der Waals surface area contributed by atoms with E-state index in [0.29, 0.717) is 17.5 Å². The molecule has 262 valence electrons. The average molecular weight is 717 g/mol. The standard InChI is InChI=1S/C51H32N4O/c1-3-13-33(14-4-1)36-15-11-16-37(31-36)34-25-27-35(28-26-34)49-52-50(54-51(53-49)43-21-12-24-47-48(43)42-20-8-10-23-46(42)56-47)38-29-30-41-40-19-7-9-22-44(40)55(45(41)32-38)39-17-5-2-6-18-39/h1-32H. The second kappa shape index (κ2) is 13.0. The lowest BCUT2D eigenvalue weighted by Crippen LogP contribution is -2.01. The summed E-state index contributed by atoms with van der Waals surface area (Å²) in [6.45, 7) is 0. The van der Waals surface area contributed by atoms with Gasteiger partial charge in [-0.1, -0.05) is 152 Å². The molecule has 8 aromatic carbocycles. The third-order valence-corrected chi connectivity index (χ3v) is 10.7. The van der Waals surface area contributed by atoms with Crippen LogP contribution in [0.4, 0.5) is 0 Å². The number of para-hydroxylation sites is 3. The van der Waals surface area contributed by atoms with E-state index in [2.05, 4.69) is 162 Å². The van der Waals surface area contributed by atoms with Crippen LogP contribution in [0.2, 0.25) is 0 Å². The molecule has 3 heterocycles. The van der Waals surface area contributed by atoms with Crippen LogP contribution in [0.5, 0.6) is 0 Å². The summed E-state index contributed by atoms with van der Waals surface area (Å²) in [4.78, 5) is 15.6. The molecule has 0 atom stereocenters. The first-order chi connectivity index (χ1) is 27.7. The quantitative estimate of drug-likeness (QED) is 0.172. The monoisotopic (exact) mass is 716 g/mol. The Hall–Kier alpha value is -7.63. The molecule has 0 bridgehead atoms. The van der Waals surface area contributed by atoms with Gasteiger partial charge in [0.2, 0.25) is 0 Å². The highest BCUT2D eigenvalue weighted by Crippen LogP contribution is 2.38. The fourth-order valence-corrected chi connectivity index (χ4v) is 8.00. The molecule has 11 rings (SSSR count). The van der Waals surface area contributed by atoms with Crippen molar-refractivity contribution < 1.29 is 4.42 Å². The van der Waals surface area contributed by atoms with Crippen molar-refractivity contribution in [3.05, 3.63) is 194 Å². The van der Waals surface area contributed by atoms with Crippen molar-refractivity contribution in [3.8, 4) is 62.1 Å². The number of rotatable bonds is 6. The van der Waals surface area contributed by atoms with E-state index in [4.69, 9.17) is 19.4 Å². The topological polar surface area (TPSA) is 56.7 Å². The van der Waals surface area contributed by atoms with Gasteiger partial charge in [0.15, 0.2) is 17.5 Å². The number of fused-ring (bicyclic) bond motifs is 6. The Morgan fingerprint density at radius 3 is 1.70 bits per heavy atom. The molecule has 3 aromatic heterocycles. The highest BCUT2D eigenvalue weighted by molar-refractivity contribution is 6.12. The van der Waals surface area contributed by atoms with Crippen molar-refractivity contribution in [2.45, 2.75) is 0 Å². The van der Waals surface area contributed by atoms with Gasteiger partial charge in [0, 0.05) is 43.9 Å². The second-order valence-corrected chi connectivity index (χ2v) is 14.0. The minimum absolute atomic E-state index is 0.588. The zero-order chi connectivity index (χ0) is 37.0. The van der Waals surface area contributed by atoms with Crippen LogP contribution in [0.25, 0.3) is 106 Å². The third kappa shape index (κ3) is 5.37. The van der Waals surface area contributed by atoms with E-state index in [0.717, 1.165) is 66.5 Å². The molecule has 0 fully saturated rings. The van der Waals surface area contributed by atoms with E-state index < -0.39 is 0 Å². The molecule has 0 aliphatic carbocycles. The first-order valence-electron chi connectivity index (χ1n) is 18.8. The van der Waals surface area contributed by atoms with Gasteiger partial charge in [-0.15, -0.1) is 0 Å². The second-order valence-electron chi connectivity index (χ2n) is 14.0. The van der Waals surface area contributed by atoms with E-state index >= 15 is 0 Å². The first kappa shape index (κ1) is 31.9. The minimum Gasteiger partial charge on any atom is -0.456 e. The lowest BCUT2D eigenvalue weighted by Gasteiger charge is -2.11. The van der Waals surface area contributed by atoms with Gasteiger partial charge in [0.1, 0.15) is 11.2 Å². The predicted octanol–water partition coefficient (Wildman–Crippen LogP) is 13.2. The SMILES string of the molecule is c1ccc(-c2cccc(-c3ccc(-c4nc(-c5ccc6c7ccccc7n(-c7ccccc7)c6c5)nc(-c5cccc6oc7ccccc7c56)n4)cc3)c2)cc1. The normalized spacial score (nSPS) is 11.6. The zero-order valence-corrected chi connectivity index (χ0v) is 30.2. The summed E-state index contributed by atoms with van der Waals surface area (Å²) in [5, 5.41) is 4.38. The molecule has 11 aromatic rings. The van der Waals surface area contributed by atoms with Gasteiger partial charge in [0.05, 0.1) is 11.0 Å².